The second-order valence-electron chi connectivity index (χ2n) is 6.01. The van der Waals surface area contributed by atoms with Crippen LogP contribution < -0.4 is 10.9 Å². The molecule has 2 amide bonds. The lowest BCUT2D eigenvalue weighted by atomic mass is 10.00. The van der Waals surface area contributed by atoms with E-state index in [0.29, 0.717) is 9.35 Å². The van der Waals surface area contributed by atoms with E-state index in [-0.39, 0.29) is 11.5 Å². The van der Waals surface area contributed by atoms with Crippen LogP contribution in [0.1, 0.15) is 56.2 Å². The summed E-state index contributed by atoms with van der Waals surface area (Å²) >= 11 is 4.68. The SMILES string of the molecule is O=C(NNC(=O)c1cc(F)ccc1Br)c1cc2c(s1)CCCCCC2. The molecule has 0 saturated carbocycles. The predicted molar refractivity (Wildman–Crippen MR) is 99.2 cm³/mol. The molecule has 1 aromatic carbocycles. The first-order chi connectivity index (χ1) is 12.0. The maximum atomic E-state index is 13.3. The lowest BCUT2D eigenvalue weighted by Crippen LogP contribution is -2.41. The molecule has 0 spiro atoms. The monoisotopic (exact) mass is 424 g/mol. The molecule has 0 fully saturated rings. The Kier molecular flexibility index (Phi) is 5.86. The highest BCUT2D eigenvalue weighted by atomic mass is 79.9. The highest BCUT2D eigenvalue weighted by Crippen LogP contribution is 2.28. The molecule has 132 valence electrons. The standard InChI is InChI=1S/C18H18BrFN2O2S/c19-14-8-7-12(20)10-13(14)17(23)21-22-18(24)16-9-11-5-3-1-2-4-6-15(11)25-16/h7-10H,1-6H2,(H,21,23)(H,22,24). The number of aryl methyl sites for hydroxylation is 2. The van der Waals surface area contributed by atoms with Gasteiger partial charge in [0.25, 0.3) is 11.8 Å². The smallest absolute Gasteiger partial charge is 0.267 e. The number of rotatable bonds is 2. The van der Waals surface area contributed by atoms with E-state index in [1.54, 1.807) is 0 Å². The van der Waals surface area contributed by atoms with E-state index >= 15 is 0 Å². The van der Waals surface area contributed by atoms with Crippen LogP contribution >= 0.6 is 27.3 Å². The fraction of sp³-hybridized carbons (Fsp3) is 0.333. The van der Waals surface area contributed by atoms with Crippen molar-refractivity contribution >= 4 is 39.1 Å². The summed E-state index contributed by atoms with van der Waals surface area (Å²) in [6.07, 6.45) is 6.78. The molecule has 0 atom stereocenters. The average Bonchev–Trinajstić information content (AvgIpc) is 2.96. The van der Waals surface area contributed by atoms with E-state index in [2.05, 4.69) is 26.8 Å². The molecule has 0 saturated heterocycles. The number of thiophene rings is 1. The van der Waals surface area contributed by atoms with Gasteiger partial charge in [-0.15, -0.1) is 11.3 Å². The molecule has 1 heterocycles. The van der Waals surface area contributed by atoms with Crippen LogP contribution in [-0.2, 0) is 12.8 Å². The van der Waals surface area contributed by atoms with Crippen LogP contribution in [0.4, 0.5) is 4.39 Å². The van der Waals surface area contributed by atoms with Gasteiger partial charge < -0.3 is 0 Å². The summed E-state index contributed by atoms with van der Waals surface area (Å²) in [4.78, 5) is 26.3. The first kappa shape index (κ1) is 18.1. The van der Waals surface area contributed by atoms with Crippen LogP contribution in [0.3, 0.4) is 0 Å². The number of halogens is 2. The topological polar surface area (TPSA) is 58.2 Å². The Labute approximate surface area is 157 Å². The number of hydrogen-bond donors (Lipinski definition) is 2. The zero-order chi connectivity index (χ0) is 17.8. The molecule has 1 aromatic heterocycles. The number of hydrazine groups is 1. The Morgan fingerprint density at radius 1 is 1.00 bits per heavy atom. The Morgan fingerprint density at radius 2 is 1.72 bits per heavy atom. The Balaban J connectivity index is 1.65. The van der Waals surface area contributed by atoms with Crippen molar-refractivity contribution in [1.29, 1.82) is 0 Å². The number of hydrogen-bond acceptors (Lipinski definition) is 3. The van der Waals surface area contributed by atoms with Crippen molar-refractivity contribution in [2.45, 2.75) is 38.5 Å². The lowest BCUT2D eigenvalue weighted by molar-refractivity contribution is 0.0848. The third kappa shape index (κ3) is 4.46. The molecule has 3 rings (SSSR count). The molecule has 7 heteroatoms. The van der Waals surface area contributed by atoms with Crippen LogP contribution in [0.2, 0.25) is 0 Å². The van der Waals surface area contributed by atoms with Gasteiger partial charge >= 0.3 is 0 Å². The summed E-state index contributed by atoms with van der Waals surface area (Å²) in [5.74, 6) is -1.44. The van der Waals surface area contributed by atoms with Crippen molar-refractivity contribution in [2.75, 3.05) is 0 Å². The molecule has 0 unspecified atom stereocenters. The van der Waals surface area contributed by atoms with Crippen molar-refractivity contribution in [1.82, 2.24) is 10.9 Å². The number of fused-ring (bicyclic) bond motifs is 1. The fourth-order valence-electron chi connectivity index (χ4n) is 2.87. The van der Waals surface area contributed by atoms with Crippen molar-refractivity contribution in [3.8, 4) is 0 Å². The highest BCUT2D eigenvalue weighted by Gasteiger charge is 2.17. The number of carbonyl (C=O) groups excluding carboxylic acids is 2. The molecule has 0 bridgehead atoms. The minimum absolute atomic E-state index is 0.124. The van der Waals surface area contributed by atoms with Crippen LogP contribution in [0.5, 0.6) is 0 Å². The average molecular weight is 425 g/mol. The van der Waals surface area contributed by atoms with Gasteiger partial charge in [0.05, 0.1) is 10.4 Å². The number of nitrogens with one attached hydrogen (secondary N) is 2. The number of carbonyl (C=O) groups is 2. The maximum absolute atomic E-state index is 13.3. The number of amides is 2. The van der Waals surface area contributed by atoms with Crippen molar-refractivity contribution < 1.29 is 14.0 Å². The van der Waals surface area contributed by atoms with E-state index in [0.717, 1.165) is 31.7 Å². The van der Waals surface area contributed by atoms with Gasteiger partial charge in [-0.2, -0.15) is 0 Å². The van der Waals surface area contributed by atoms with Gasteiger partial charge in [0, 0.05) is 9.35 Å². The lowest BCUT2D eigenvalue weighted by Gasteiger charge is -2.08. The van der Waals surface area contributed by atoms with Gasteiger partial charge in [-0.1, -0.05) is 12.8 Å². The summed E-state index contributed by atoms with van der Waals surface area (Å²) in [7, 11) is 0. The molecule has 25 heavy (non-hydrogen) atoms. The summed E-state index contributed by atoms with van der Waals surface area (Å²) in [6.45, 7) is 0. The van der Waals surface area contributed by atoms with Gasteiger partial charge in [-0.25, -0.2) is 4.39 Å². The highest BCUT2D eigenvalue weighted by molar-refractivity contribution is 9.10. The molecular weight excluding hydrogens is 407 g/mol. The Bertz CT molecular complexity index is 781. The third-order valence-corrected chi connectivity index (χ3v) is 6.11. The molecule has 4 nitrogen and oxygen atoms in total. The number of benzene rings is 1. The predicted octanol–water partition coefficient (Wildman–Crippen LogP) is 4.38. The Morgan fingerprint density at radius 3 is 2.52 bits per heavy atom. The van der Waals surface area contributed by atoms with Gasteiger partial charge in [0.15, 0.2) is 0 Å². The minimum atomic E-state index is -0.574. The molecule has 0 radical (unpaired) electrons. The van der Waals surface area contributed by atoms with E-state index in [9.17, 15) is 14.0 Å². The minimum Gasteiger partial charge on any atom is -0.267 e. The molecule has 0 aliphatic heterocycles. The van der Waals surface area contributed by atoms with Crippen LogP contribution in [0.25, 0.3) is 0 Å². The largest absolute Gasteiger partial charge is 0.279 e. The van der Waals surface area contributed by atoms with E-state index in [1.807, 2.05) is 6.07 Å². The molecule has 2 N–H and O–H groups in total. The summed E-state index contributed by atoms with van der Waals surface area (Å²) in [5, 5.41) is 0. The van der Waals surface area contributed by atoms with E-state index in [1.165, 1.54) is 46.8 Å². The summed E-state index contributed by atoms with van der Waals surface area (Å²) in [5.41, 5.74) is 6.12. The van der Waals surface area contributed by atoms with Crippen molar-refractivity contribution in [3.05, 3.63) is 55.4 Å². The first-order valence-electron chi connectivity index (χ1n) is 8.22. The first-order valence-corrected chi connectivity index (χ1v) is 9.83. The fourth-order valence-corrected chi connectivity index (χ4v) is 4.45. The summed E-state index contributed by atoms with van der Waals surface area (Å²) in [6, 6.07) is 5.74. The van der Waals surface area contributed by atoms with Gasteiger partial charge in [0.1, 0.15) is 5.82 Å². The van der Waals surface area contributed by atoms with Gasteiger partial charge in [-0.3, -0.25) is 20.4 Å². The molecule has 2 aromatic rings. The molecule has 1 aliphatic rings. The van der Waals surface area contributed by atoms with Crippen LogP contribution in [0, 0.1) is 5.82 Å². The quantitative estimate of drug-likeness (QED) is 0.702. The van der Waals surface area contributed by atoms with Crippen molar-refractivity contribution in [2.24, 2.45) is 0 Å². The van der Waals surface area contributed by atoms with Crippen molar-refractivity contribution in [3.63, 3.8) is 0 Å². The maximum Gasteiger partial charge on any atom is 0.279 e. The zero-order valence-electron chi connectivity index (χ0n) is 13.5. The Hall–Kier alpha value is -1.73. The van der Waals surface area contributed by atoms with Crippen LogP contribution in [0.15, 0.2) is 28.7 Å². The summed E-state index contributed by atoms with van der Waals surface area (Å²) < 4.78 is 13.7. The van der Waals surface area contributed by atoms with Gasteiger partial charge in [0.2, 0.25) is 0 Å². The molecular formula is C18H18BrFN2O2S. The van der Waals surface area contributed by atoms with Crippen LogP contribution in [-0.4, -0.2) is 11.8 Å². The second kappa shape index (κ2) is 8.10. The third-order valence-electron chi connectivity index (χ3n) is 4.18. The zero-order valence-corrected chi connectivity index (χ0v) is 15.9. The normalized spacial score (nSPS) is 14.2. The molecule has 1 aliphatic carbocycles. The van der Waals surface area contributed by atoms with E-state index in [4.69, 9.17) is 0 Å². The van der Waals surface area contributed by atoms with Gasteiger partial charge in [-0.05, 0) is 71.4 Å². The van der Waals surface area contributed by atoms with E-state index < -0.39 is 11.7 Å². The second-order valence-corrected chi connectivity index (χ2v) is 8.00.